The van der Waals surface area contributed by atoms with Crippen molar-refractivity contribution in [3.63, 3.8) is 0 Å². The van der Waals surface area contributed by atoms with Gasteiger partial charge in [-0.1, -0.05) is 16.8 Å². The van der Waals surface area contributed by atoms with Crippen LogP contribution < -0.4 is 10.5 Å². The first-order valence-electron chi connectivity index (χ1n) is 6.31. The number of nitrogens with zero attached hydrogens (tertiary/aromatic N) is 2. The number of oxime groups is 1. The normalized spacial score (nSPS) is 11.3. The van der Waals surface area contributed by atoms with E-state index in [1.807, 2.05) is 6.07 Å². The van der Waals surface area contributed by atoms with Gasteiger partial charge in [0.1, 0.15) is 11.1 Å². The molecule has 106 valence electrons. The van der Waals surface area contributed by atoms with Crippen molar-refractivity contribution in [1.82, 2.24) is 0 Å². The molecule has 0 bridgehead atoms. The first kappa shape index (κ1) is 14.4. The third-order valence-electron chi connectivity index (χ3n) is 3.18. The first-order valence-corrected chi connectivity index (χ1v) is 6.68. The average Bonchev–Trinajstić information content (AvgIpc) is 2.44. The minimum absolute atomic E-state index is 0.0391. The summed E-state index contributed by atoms with van der Waals surface area (Å²) < 4.78 is 5.24. The second-order valence-corrected chi connectivity index (χ2v) is 4.59. The quantitative estimate of drug-likeness (QED) is 0.407. The summed E-state index contributed by atoms with van der Waals surface area (Å²) in [6, 6.07) is 5.50. The fourth-order valence-electron chi connectivity index (χ4n) is 2.12. The smallest absolute Gasteiger partial charge is 0.346 e. The molecule has 0 aliphatic heterocycles. The largest absolute Gasteiger partial charge is 0.422 e. The van der Waals surface area contributed by atoms with E-state index in [1.165, 1.54) is 0 Å². The van der Waals surface area contributed by atoms with Crippen LogP contribution in [0.4, 0.5) is 5.69 Å². The van der Waals surface area contributed by atoms with Crippen LogP contribution in [0.2, 0.25) is 5.02 Å². The Morgan fingerprint density at radius 1 is 1.40 bits per heavy atom. The van der Waals surface area contributed by atoms with Crippen LogP contribution in [0.1, 0.15) is 19.4 Å². The van der Waals surface area contributed by atoms with Gasteiger partial charge in [-0.15, -0.1) is 0 Å². The Hall–Kier alpha value is -2.01. The van der Waals surface area contributed by atoms with Gasteiger partial charge in [0.25, 0.3) is 0 Å². The summed E-state index contributed by atoms with van der Waals surface area (Å²) >= 11 is 6.15. The predicted octanol–water partition coefficient (Wildman–Crippen LogP) is 3.10. The van der Waals surface area contributed by atoms with Crippen molar-refractivity contribution in [1.29, 1.82) is 0 Å². The van der Waals surface area contributed by atoms with E-state index < -0.39 is 5.63 Å². The van der Waals surface area contributed by atoms with Crippen LogP contribution in [0, 0.1) is 0 Å². The van der Waals surface area contributed by atoms with Crippen molar-refractivity contribution < 1.29 is 9.62 Å². The third-order valence-corrected chi connectivity index (χ3v) is 3.58. The SMILES string of the molecule is CCN(CC)c1ccc2c(Cl)c(/C=N/O)c(=O)oc2c1. The Bertz CT molecular complexity index is 705. The molecule has 1 aromatic heterocycles. The maximum atomic E-state index is 11.8. The standard InChI is InChI=1S/C14H15ClN2O3/c1-3-17(4-2)9-5-6-10-12(7-9)20-14(18)11(8-16-19)13(10)15/h5-8,19H,3-4H2,1-2H3/b16-8+. The molecule has 0 aliphatic carbocycles. The Morgan fingerprint density at radius 2 is 2.10 bits per heavy atom. The maximum absolute atomic E-state index is 11.8. The molecule has 6 heteroatoms. The molecule has 0 saturated heterocycles. The van der Waals surface area contributed by atoms with Gasteiger partial charge in [0.2, 0.25) is 0 Å². The summed E-state index contributed by atoms with van der Waals surface area (Å²) in [6.45, 7) is 5.82. The van der Waals surface area contributed by atoms with Crippen molar-refractivity contribution in [3.8, 4) is 0 Å². The lowest BCUT2D eigenvalue weighted by molar-refractivity contribution is 0.321. The lowest BCUT2D eigenvalue weighted by atomic mass is 10.1. The summed E-state index contributed by atoms with van der Waals surface area (Å²) in [7, 11) is 0. The summed E-state index contributed by atoms with van der Waals surface area (Å²) in [5.41, 5.74) is 0.791. The molecule has 0 aliphatic rings. The van der Waals surface area contributed by atoms with Gasteiger partial charge in [-0.05, 0) is 26.0 Å². The molecule has 0 radical (unpaired) electrons. The lowest BCUT2D eigenvalue weighted by Gasteiger charge is -2.21. The van der Waals surface area contributed by atoms with Crippen molar-refractivity contribution in [2.24, 2.45) is 5.16 Å². The van der Waals surface area contributed by atoms with Crippen LogP contribution >= 0.6 is 11.6 Å². The minimum Gasteiger partial charge on any atom is -0.422 e. The molecule has 1 N–H and O–H groups in total. The molecule has 2 rings (SSSR count). The molecule has 0 spiro atoms. The highest BCUT2D eigenvalue weighted by Crippen LogP contribution is 2.28. The number of benzene rings is 1. The van der Waals surface area contributed by atoms with Gasteiger partial charge in [0, 0.05) is 30.2 Å². The molecule has 0 amide bonds. The third kappa shape index (κ3) is 2.49. The molecule has 1 heterocycles. The maximum Gasteiger partial charge on any atom is 0.346 e. The summed E-state index contributed by atoms with van der Waals surface area (Å²) in [5, 5.41) is 12.2. The van der Waals surface area contributed by atoms with Gasteiger partial charge in [0.15, 0.2) is 0 Å². The number of anilines is 1. The van der Waals surface area contributed by atoms with Crippen molar-refractivity contribution in [2.75, 3.05) is 18.0 Å². The molecule has 5 nitrogen and oxygen atoms in total. The Balaban J connectivity index is 2.66. The second kappa shape index (κ2) is 5.96. The van der Waals surface area contributed by atoms with Crippen molar-refractivity contribution in [3.05, 3.63) is 39.2 Å². The van der Waals surface area contributed by atoms with Gasteiger partial charge >= 0.3 is 5.63 Å². The van der Waals surface area contributed by atoms with Gasteiger partial charge in [-0.2, -0.15) is 0 Å². The summed E-state index contributed by atoms with van der Waals surface area (Å²) in [5.74, 6) is 0. The Kier molecular flexibility index (Phi) is 4.29. The van der Waals surface area contributed by atoms with Gasteiger partial charge in [-0.25, -0.2) is 4.79 Å². The molecule has 0 unspecified atom stereocenters. The van der Waals surface area contributed by atoms with Crippen LogP contribution in [0.25, 0.3) is 11.0 Å². The molecule has 0 atom stereocenters. The number of fused-ring (bicyclic) bond motifs is 1. The van der Waals surface area contributed by atoms with Crippen molar-refractivity contribution in [2.45, 2.75) is 13.8 Å². The molecular formula is C14H15ClN2O3. The van der Waals surface area contributed by atoms with E-state index in [4.69, 9.17) is 21.2 Å². The van der Waals surface area contributed by atoms with Gasteiger partial charge in [0.05, 0.1) is 11.2 Å². The van der Waals surface area contributed by atoms with Crippen LogP contribution in [-0.4, -0.2) is 24.5 Å². The highest BCUT2D eigenvalue weighted by Gasteiger charge is 2.13. The Labute approximate surface area is 121 Å². The molecule has 0 saturated carbocycles. The van der Waals surface area contributed by atoms with E-state index >= 15 is 0 Å². The van der Waals surface area contributed by atoms with E-state index in [1.54, 1.807) is 12.1 Å². The van der Waals surface area contributed by atoms with Gasteiger partial charge in [-0.3, -0.25) is 0 Å². The highest BCUT2D eigenvalue weighted by molar-refractivity contribution is 6.37. The number of rotatable bonds is 4. The van der Waals surface area contributed by atoms with E-state index in [0.29, 0.717) is 11.0 Å². The molecular weight excluding hydrogens is 280 g/mol. The first-order chi connectivity index (χ1) is 9.62. The lowest BCUT2D eigenvalue weighted by Crippen LogP contribution is -2.21. The zero-order chi connectivity index (χ0) is 14.7. The van der Waals surface area contributed by atoms with E-state index in [9.17, 15) is 4.79 Å². The zero-order valence-electron chi connectivity index (χ0n) is 11.3. The molecule has 20 heavy (non-hydrogen) atoms. The second-order valence-electron chi connectivity index (χ2n) is 4.21. The van der Waals surface area contributed by atoms with E-state index in [0.717, 1.165) is 25.0 Å². The van der Waals surface area contributed by atoms with Crippen LogP contribution in [0.5, 0.6) is 0 Å². The highest BCUT2D eigenvalue weighted by atomic mass is 35.5. The monoisotopic (exact) mass is 294 g/mol. The van der Waals surface area contributed by atoms with E-state index in [2.05, 4.69) is 23.9 Å². The topological polar surface area (TPSA) is 66.0 Å². The Morgan fingerprint density at radius 3 is 2.70 bits per heavy atom. The molecule has 0 fully saturated rings. The fraction of sp³-hybridized carbons (Fsp3) is 0.286. The number of hydrogen-bond acceptors (Lipinski definition) is 5. The van der Waals surface area contributed by atoms with Crippen molar-refractivity contribution >= 4 is 34.5 Å². The zero-order valence-corrected chi connectivity index (χ0v) is 12.0. The van der Waals surface area contributed by atoms with Gasteiger partial charge < -0.3 is 14.5 Å². The van der Waals surface area contributed by atoms with E-state index in [-0.39, 0.29) is 10.6 Å². The summed E-state index contributed by atoms with van der Waals surface area (Å²) in [4.78, 5) is 13.9. The average molecular weight is 295 g/mol. The predicted molar refractivity (Wildman–Crippen MR) is 80.4 cm³/mol. The molecule has 1 aromatic carbocycles. The number of hydrogen-bond donors (Lipinski definition) is 1. The number of halogens is 1. The fourth-order valence-corrected chi connectivity index (χ4v) is 2.40. The van der Waals surface area contributed by atoms with Crippen LogP contribution in [0.15, 0.2) is 32.6 Å². The molecule has 2 aromatic rings. The summed E-state index contributed by atoms with van der Waals surface area (Å²) in [6.07, 6.45) is 0.978. The van der Waals surface area contributed by atoms with Crippen LogP contribution in [-0.2, 0) is 0 Å². The minimum atomic E-state index is -0.628. The van der Waals surface area contributed by atoms with Crippen LogP contribution in [0.3, 0.4) is 0 Å².